The second-order valence-electron chi connectivity index (χ2n) is 6.39. The van der Waals surface area contributed by atoms with Crippen LogP contribution in [0.5, 0.6) is 0 Å². The second kappa shape index (κ2) is 8.42. The molecular formula is C19H22Cl2F2N4. The quantitative estimate of drug-likeness (QED) is 0.369. The molecule has 146 valence electrons. The van der Waals surface area contributed by atoms with Crippen LogP contribution in [-0.2, 0) is 0 Å². The maximum atomic E-state index is 14.6. The lowest BCUT2D eigenvalue weighted by Gasteiger charge is -2.34. The van der Waals surface area contributed by atoms with Gasteiger partial charge in [-0.25, -0.2) is 8.78 Å². The fourth-order valence-corrected chi connectivity index (χ4v) is 3.71. The normalized spacial score (nSPS) is 20.1. The van der Waals surface area contributed by atoms with Crippen molar-refractivity contribution in [2.45, 2.75) is 18.9 Å². The Kier molecular flexibility index (Phi) is 6.68. The molecule has 2 rings (SSSR count). The van der Waals surface area contributed by atoms with Crippen molar-refractivity contribution in [3.63, 3.8) is 0 Å². The Morgan fingerprint density at radius 3 is 2.44 bits per heavy atom. The number of nitrogens with one attached hydrogen (secondary N) is 4. The van der Waals surface area contributed by atoms with Gasteiger partial charge in [0.25, 0.3) is 0 Å². The molecule has 8 heteroatoms. The van der Waals surface area contributed by atoms with Gasteiger partial charge in [-0.3, -0.25) is 0 Å². The van der Waals surface area contributed by atoms with Gasteiger partial charge in [-0.1, -0.05) is 36.4 Å². The first-order valence-electron chi connectivity index (χ1n) is 8.28. The maximum absolute atomic E-state index is 14.6. The molecule has 1 aromatic carbocycles. The van der Waals surface area contributed by atoms with E-state index in [9.17, 15) is 8.78 Å². The predicted molar refractivity (Wildman–Crippen MR) is 110 cm³/mol. The molecular weight excluding hydrogens is 393 g/mol. The highest BCUT2D eigenvalue weighted by atomic mass is 35.5. The van der Waals surface area contributed by atoms with Gasteiger partial charge in [0.15, 0.2) is 0 Å². The van der Waals surface area contributed by atoms with Crippen molar-refractivity contribution in [3.8, 4) is 0 Å². The lowest BCUT2D eigenvalue weighted by atomic mass is 9.86. The highest BCUT2D eigenvalue weighted by Crippen LogP contribution is 2.40. The number of halogens is 4. The number of hydrogen-bond acceptors (Lipinski definition) is 4. The third kappa shape index (κ3) is 4.34. The van der Waals surface area contributed by atoms with Gasteiger partial charge in [-0.05, 0) is 32.0 Å². The summed E-state index contributed by atoms with van der Waals surface area (Å²) >= 11 is 12.1. The van der Waals surface area contributed by atoms with E-state index < -0.39 is 17.2 Å². The van der Waals surface area contributed by atoms with Crippen LogP contribution >= 0.6 is 23.2 Å². The minimum atomic E-state index is -0.973. The van der Waals surface area contributed by atoms with Crippen LogP contribution in [0.2, 0.25) is 0 Å². The van der Waals surface area contributed by atoms with E-state index in [2.05, 4.69) is 29.1 Å². The third-order valence-electron chi connectivity index (χ3n) is 4.48. The minimum Gasteiger partial charge on any atom is -0.387 e. The molecule has 1 atom stereocenters. The van der Waals surface area contributed by atoms with Gasteiger partial charge in [0.1, 0.15) is 11.6 Å². The molecule has 0 radical (unpaired) electrons. The van der Waals surface area contributed by atoms with Crippen LogP contribution in [0.3, 0.4) is 0 Å². The molecule has 4 N–H and O–H groups in total. The van der Waals surface area contributed by atoms with Crippen LogP contribution in [0.15, 0.2) is 46.8 Å². The number of hydrogen-bond donors (Lipinski definition) is 4. The largest absolute Gasteiger partial charge is 0.387 e. The maximum Gasteiger partial charge on any atom is 0.136 e. The molecule has 4 nitrogen and oxygen atoms in total. The van der Waals surface area contributed by atoms with Gasteiger partial charge in [0.2, 0.25) is 0 Å². The summed E-state index contributed by atoms with van der Waals surface area (Å²) in [6, 6.07) is 2.94. The molecule has 1 saturated heterocycles. The molecule has 1 aliphatic rings. The number of anilines is 2. The fraction of sp³-hybridized carbons (Fsp3) is 0.316. The van der Waals surface area contributed by atoms with Crippen molar-refractivity contribution in [1.29, 1.82) is 5.41 Å². The van der Waals surface area contributed by atoms with Crippen molar-refractivity contribution in [3.05, 3.63) is 58.1 Å². The summed E-state index contributed by atoms with van der Waals surface area (Å²) in [5.74, 6) is -1.30. The highest BCUT2D eigenvalue weighted by Gasteiger charge is 2.41. The number of allylic oxidation sites excluding steroid dienone is 2. The zero-order valence-corrected chi connectivity index (χ0v) is 16.7. The first kappa shape index (κ1) is 21.4. The Hall–Kier alpha value is -1.89. The first-order chi connectivity index (χ1) is 12.6. The average molecular weight is 415 g/mol. The molecule has 1 unspecified atom stereocenters. The summed E-state index contributed by atoms with van der Waals surface area (Å²) < 4.78 is 28.9. The summed E-state index contributed by atoms with van der Waals surface area (Å²) in [4.78, 5) is 0. The third-order valence-corrected chi connectivity index (χ3v) is 5.18. The Balaban J connectivity index is 2.59. The summed E-state index contributed by atoms with van der Waals surface area (Å²) in [5, 5.41) is 17.0. The Morgan fingerprint density at radius 2 is 2.00 bits per heavy atom. The summed E-state index contributed by atoms with van der Waals surface area (Å²) in [5.41, 5.74) is 0.254. The molecule has 0 saturated carbocycles. The molecule has 0 amide bonds. The summed E-state index contributed by atoms with van der Waals surface area (Å²) in [7, 11) is 1.64. The molecule has 1 aliphatic heterocycles. The zero-order valence-electron chi connectivity index (χ0n) is 15.2. The fourth-order valence-electron chi connectivity index (χ4n) is 3.33. The van der Waals surface area contributed by atoms with Gasteiger partial charge in [-0.2, -0.15) is 0 Å². The molecule has 0 aliphatic carbocycles. The number of benzene rings is 1. The van der Waals surface area contributed by atoms with E-state index in [1.165, 1.54) is 13.0 Å². The van der Waals surface area contributed by atoms with E-state index in [4.69, 9.17) is 28.6 Å². The smallest absolute Gasteiger partial charge is 0.136 e. The minimum absolute atomic E-state index is 0.00425. The van der Waals surface area contributed by atoms with Crippen molar-refractivity contribution < 1.29 is 8.78 Å². The van der Waals surface area contributed by atoms with Crippen molar-refractivity contribution in [2.75, 3.05) is 30.8 Å². The first-order valence-corrected chi connectivity index (χ1v) is 9.04. The van der Waals surface area contributed by atoms with Crippen LogP contribution in [0, 0.1) is 11.2 Å². The van der Waals surface area contributed by atoms with Crippen molar-refractivity contribution in [2.24, 2.45) is 0 Å². The van der Waals surface area contributed by atoms with Crippen molar-refractivity contribution >= 4 is 40.3 Å². The van der Waals surface area contributed by atoms with Gasteiger partial charge < -0.3 is 21.4 Å². The second-order valence-corrected chi connectivity index (χ2v) is 7.22. The van der Waals surface area contributed by atoms with E-state index in [-0.39, 0.29) is 26.9 Å². The molecule has 1 aromatic rings. The predicted octanol–water partition coefficient (Wildman–Crippen LogP) is 5.13. The van der Waals surface area contributed by atoms with Crippen LogP contribution in [-0.4, -0.2) is 31.4 Å². The van der Waals surface area contributed by atoms with Crippen LogP contribution < -0.4 is 16.0 Å². The Bertz CT molecular complexity index is 827. The van der Waals surface area contributed by atoms with E-state index in [1.54, 1.807) is 13.1 Å². The van der Waals surface area contributed by atoms with Crippen molar-refractivity contribution in [1.82, 2.24) is 5.32 Å². The van der Waals surface area contributed by atoms with Crippen LogP contribution in [0.4, 0.5) is 20.2 Å². The topological polar surface area (TPSA) is 59.9 Å². The van der Waals surface area contributed by atoms with E-state index >= 15 is 0 Å². The number of rotatable bonds is 7. The van der Waals surface area contributed by atoms with Gasteiger partial charge in [0, 0.05) is 36.3 Å². The van der Waals surface area contributed by atoms with Gasteiger partial charge in [0.05, 0.1) is 21.2 Å². The Morgan fingerprint density at radius 1 is 1.33 bits per heavy atom. The molecule has 1 fully saturated rings. The van der Waals surface area contributed by atoms with E-state index in [0.29, 0.717) is 30.9 Å². The molecule has 27 heavy (non-hydrogen) atoms. The summed E-state index contributed by atoms with van der Waals surface area (Å²) in [6.45, 7) is 9.40. The lowest BCUT2D eigenvalue weighted by molar-refractivity contribution is 0.545. The zero-order chi connectivity index (χ0) is 20.4. The monoisotopic (exact) mass is 414 g/mol. The van der Waals surface area contributed by atoms with E-state index in [0.717, 1.165) is 0 Å². The molecule has 0 spiro atoms. The highest BCUT2D eigenvalue weighted by molar-refractivity contribution is 6.44. The molecule has 0 bridgehead atoms. The lowest BCUT2D eigenvalue weighted by Crippen LogP contribution is -2.43. The summed E-state index contributed by atoms with van der Waals surface area (Å²) in [6.07, 6.45) is 0.480. The van der Waals surface area contributed by atoms with Crippen LogP contribution in [0.25, 0.3) is 0 Å². The molecule has 1 heterocycles. The Labute approximate surface area is 167 Å². The van der Waals surface area contributed by atoms with E-state index in [1.807, 2.05) is 0 Å². The molecule has 0 aromatic heterocycles. The van der Waals surface area contributed by atoms with Gasteiger partial charge in [-0.15, -0.1) is 0 Å². The standard InChI is InChI=1S/C19H22Cl2F2N4/c1-10(20)18(21)17(11(2)22)19(5-6-26-9-19)27-13-7-14(23)16(12(3)24)15(8-13)25-4/h7-8,24-27H,1-2,5-6,9H2,3-4H3/b18-17-,24-12?. The van der Waals surface area contributed by atoms with Gasteiger partial charge >= 0.3 is 0 Å². The average Bonchev–Trinajstić information content (AvgIpc) is 3.02. The SMILES string of the molecule is C=C(Cl)/C(Cl)=C(\C(=C)F)C1(Nc2cc(F)c(C(C)=N)c(NC)c2)CCNC1. The van der Waals surface area contributed by atoms with Crippen LogP contribution in [0.1, 0.15) is 18.9 Å².